The van der Waals surface area contributed by atoms with Crippen molar-refractivity contribution in [3.05, 3.63) is 58.6 Å². The molecule has 1 spiro atoms. The number of rotatable bonds is 3. The van der Waals surface area contributed by atoms with Crippen LogP contribution in [0, 0.1) is 5.41 Å². The number of ether oxygens (including phenoxy) is 1. The third-order valence-electron chi connectivity index (χ3n) is 5.71. The lowest BCUT2D eigenvalue weighted by Crippen LogP contribution is -2.64. The molecule has 1 saturated heterocycles. The lowest BCUT2D eigenvalue weighted by atomic mass is 9.60. The first kappa shape index (κ1) is 16.6. The van der Waals surface area contributed by atoms with E-state index in [2.05, 4.69) is 40.2 Å². The maximum Gasteiger partial charge on any atom is 0.236 e. The van der Waals surface area contributed by atoms with Crippen LogP contribution < -0.4 is 9.64 Å². The van der Waals surface area contributed by atoms with Crippen LogP contribution in [0.25, 0.3) is 0 Å². The number of β-lactam (4-membered cyclic amide) rings is 1. The molecule has 2 aromatic carbocycles. The molecular weight excluding hydrogens is 378 g/mol. The number of halogens is 1. The second kappa shape index (κ2) is 6.49. The molecule has 25 heavy (non-hydrogen) atoms. The van der Waals surface area contributed by atoms with Crippen molar-refractivity contribution in [3.63, 3.8) is 0 Å². The second-order valence-electron chi connectivity index (χ2n) is 7.04. The molecule has 1 heterocycles. The Balaban J connectivity index is 1.74. The van der Waals surface area contributed by atoms with Crippen LogP contribution in [0.15, 0.2) is 53.0 Å². The molecule has 0 N–H and O–H groups in total. The van der Waals surface area contributed by atoms with Gasteiger partial charge in [0.05, 0.1) is 18.6 Å². The van der Waals surface area contributed by atoms with Crippen LogP contribution in [0.4, 0.5) is 5.69 Å². The fourth-order valence-corrected chi connectivity index (χ4v) is 4.71. The lowest BCUT2D eigenvalue weighted by molar-refractivity contribution is -0.143. The molecule has 3 nitrogen and oxygen atoms in total. The molecule has 2 fully saturated rings. The van der Waals surface area contributed by atoms with E-state index in [1.165, 1.54) is 12.0 Å². The highest BCUT2D eigenvalue weighted by Crippen LogP contribution is 2.59. The Kier molecular flexibility index (Phi) is 4.32. The minimum absolute atomic E-state index is 0.127. The zero-order valence-electron chi connectivity index (χ0n) is 14.4. The van der Waals surface area contributed by atoms with Gasteiger partial charge < -0.3 is 9.64 Å². The van der Waals surface area contributed by atoms with E-state index in [1.807, 2.05) is 29.2 Å². The monoisotopic (exact) mass is 399 g/mol. The Hall–Kier alpha value is -1.81. The molecule has 0 aromatic heterocycles. The molecule has 1 saturated carbocycles. The van der Waals surface area contributed by atoms with Crippen LogP contribution in [0.3, 0.4) is 0 Å². The number of anilines is 1. The first-order valence-electron chi connectivity index (χ1n) is 8.89. The Morgan fingerprint density at radius 2 is 1.64 bits per heavy atom. The molecule has 0 bridgehead atoms. The average molecular weight is 400 g/mol. The molecule has 2 aromatic rings. The fourth-order valence-electron chi connectivity index (χ4n) is 4.45. The summed E-state index contributed by atoms with van der Waals surface area (Å²) in [5.74, 6) is 1.09. The largest absolute Gasteiger partial charge is 0.497 e. The van der Waals surface area contributed by atoms with Crippen LogP contribution >= 0.6 is 15.9 Å². The van der Waals surface area contributed by atoms with E-state index in [-0.39, 0.29) is 17.4 Å². The normalized spacial score (nSPS) is 21.9. The van der Waals surface area contributed by atoms with Crippen molar-refractivity contribution in [1.82, 2.24) is 0 Å². The van der Waals surface area contributed by atoms with Gasteiger partial charge in [0.1, 0.15) is 5.75 Å². The molecule has 130 valence electrons. The molecule has 4 rings (SSSR count). The minimum atomic E-state index is -0.216. The van der Waals surface area contributed by atoms with Gasteiger partial charge in [-0.05, 0) is 54.8 Å². The van der Waals surface area contributed by atoms with Gasteiger partial charge >= 0.3 is 0 Å². The Morgan fingerprint density at radius 3 is 2.24 bits per heavy atom. The van der Waals surface area contributed by atoms with Crippen molar-refractivity contribution in [2.24, 2.45) is 5.41 Å². The summed E-state index contributed by atoms with van der Waals surface area (Å²) in [6, 6.07) is 16.4. The van der Waals surface area contributed by atoms with Gasteiger partial charge in [0.2, 0.25) is 5.91 Å². The highest BCUT2D eigenvalue weighted by atomic mass is 79.9. The maximum atomic E-state index is 13.2. The first-order valence-corrected chi connectivity index (χ1v) is 9.68. The molecule has 2 aliphatic rings. The van der Waals surface area contributed by atoms with Gasteiger partial charge in [0.25, 0.3) is 0 Å². The standard InChI is InChI=1S/C21H22BrNO2/c1-25-18-11-9-17(10-12-18)23-19(15-5-7-16(22)8-6-15)21(20(23)24)13-3-2-4-14-21/h5-12,19H,2-4,13-14H2,1H3/t19-/m0/s1. The summed E-state index contributed by atoms with van der Waals surface area (Å²) in [6.45, 7) is 0. The zero-order chi connectivity index (χ0) is 17.4. The summed E-state index contributed by atoms with van der Waals surface area (Å²) in [6.07, 6.45) is 5.54. The number of hydrogen-bond donors (Lipinski definition) is 0. The van der Waals surface area contributed by atoms with Gasteiger partial charge in [-0.25, -0.2) is 0 Å². The Labute approximate surface area is 157 Å². The third-order valence-corrected chi connectivity index (χ3v) is 6.24. The van der Waals surface area contributed by atoms with Gasteiger partial charge in [-0.1, -0.05) is 47.3 Å². The summed E-state index contributed by atoms with van der Waals surface area (Å²) in [5, 5.41) is 0. The summed E-state index contributed by atoms with van der Waals surface area (Å²) in [5.41, 5.74) is 1.96. The summed E-state index contributed by atoms with van der Waals surface area (Å²) >= 11 is 3.52. The van der Waals surface area contributed by atoms with Crippen LogP contribution in [0.1, 0.15) is 43.7 Å². The van der Waals surface area contributed by atoms with E-state index in [4.69, 9.17) is 4.74 Å². The highest BCUT2D eigenvalue weighted by Gasteiger charge is 2.61. The van der Waals surface area contributed by atoms with E-state index < -0.39 is 0 Å². The summed E-state index contributed by atoms with van der Waals surface area (Å²) in [4.78, 5) is 15.2. The van der Waals surface area contributed by atoms with Crippen molar-refractivity contribution in [2.45, 2.75) is 38.1 Å². The maximum absolute atomic E-state index is 13.2. The van der Waals surface area contributed by atoms with Crippen LogP contribution in [-0.2, 0) is 4.79 Å². The van der Waals surface area contributed by atoms with Crippen molar-refractivity contribution < 1.29 is 9.53 Å². The predicted molar refractivity (Wildman–Crippen MR) is 103 cm³/mol. The van der Waals surface area contributed by atoms with Gasteiger partial charge in [-0.3, -0.25) is 4.79 Å². The highest BCUT2D eigenvalue weighted by molar-refractivity contribution is 9.10. The van der Waals surface area contributed by atoms with E-state index in [0.29, 0.717) is 0 Å². The number of benzene rings is 2. The van der Waals surface area contributed by atoms with Crippen LogP contribution in [0.2, 0.25) is 0 Å². The number of carbonyl (C=O) groups is 1. The second-order valence-corrected chi connectivity index (χ2v) is 7.96. The Morgan fingerprint density at radius 1 is 1.00 bits per heavy atom. The number of amides is 1. The van der Waals surface area contributed by atoms with Crippen molar-refractivity contribution in [2.75, 3.05) is 12.0 Å². The van der Waals surface area contributed by atoms with Crippen LogP contribution in [-0.4, -0.2) is 13.0 Å². The molecular formula is C21H22BrNO2. The van der Waals surface area contributed by atoms with Gasteiger partial charge in [0.15, 0.2) is 0 Å². The summed E-state index contributed by atoms with van der Waals surface area (Å²) < 4.78 is 6.32. The third kappa shape index (κ3) is 2.67. The molecule has 1 aliphatic heterocycles. The summed E-state index contributed by atoms with van der Waals surface area (Å²) in [7, 11) is 1.66. The van der Waals surface area contributed by atoms with E-state index in [1.54, 1.807) is 7.11 Å². The molecule has 4 heteroatoms. The van der Waals surface area contributed by atoms with E-state index in [9.17, 15) is 4.79 Å². The lowest BCUT2D eigenvalue weighted by Gasteiger charge is -2.58. The molecule has 0 radical (unpaired) electrons. The SMILES string of the molecule is COc1ccc(N2C(=O)C3(CCCCC3)[C@@H]2c2ccc(Br)cc2)cc1. The smallest absolute Gasteiger partial charge is 0.236 e. The topological polar surface area (TPSA) is 29.5 Å². The predicted octanol–water partition coefficient (Wildman–Crippen LogP) is 5.50. The van der Waals surface area contributed by atoms with Crippen molar-refractivity contribution in [1.29, 1.82) is 0 Å². The number of hydrogen-bond acceptors (Lipinski definition) is 2. The van der Waals surface area contributed by atoms with Crippen LogP contribution in [0.5, 0.6) is 5.75 Å². The van der Waals surface area contributed by atoms with E-state index >= 15 is 0 Å². The zero-order valence-corrected chi connectivity index (χ0v) is 16.0. The molecule has 0 unspecified atom stereocenters. The van der Waals surface area contributed by atoms with Gasteiger partial charge in [-0.15, -0.1) is 0 Å². The van der Waals surface area contributed by atoms with Gasteiger partial charge in [0, 0.05) is 10.2 Å². The fraction of sp³-hybridized carbons (Fsp3) is 0.381. The van der Waals surface area contributed by atoms with Crippen molar-refractivity contribution >= 4 is 27.5 Å². The quantitative estimate of drug-likeness (QED) is 0.637. The number of nitrogens with zero attached hydrogens (tertiary/aromatic N) is 1. The van der Waals surface area contributed by atoms with E-state index in [0.717, 1.165) is 41.6 Å². The molecule has 1 aliphatic carbocycles. The molecule has 1 amide bonds. The average Bonchev–Trinajstić information content (AvgIpc) is 2.67. The van der Waals surface area contributed by atoms with Gasteiger partial charge in [-0.2, -0.15) is 0 Å². The molecule has 1 atom stereocenters. The van der Waals surface area contributed by atoms with Crippen molar-refractivity contribution in [3.8, 4) is 5.75 Å². The number of carbonyl (C=O) groups excluding carboxylic acids is 1. The first-order chi connectivity index (χ1) is 12.2. The number of methoxy groups -OCH3 is 1. The minimum Gasteiger partial charge on any atom is -0.497 e. The Bertz CT molecular complexity index is 763.